The highest BCUT2D eigenvalue weighted by Gasteiger charge is 2.14. The number of nitro benzene ring substituents is 1. The smallest absolute Gasteiger partial charge is 0.328 e. The largest absolute Gasteiger partial charge is 0.425 e. The molecule has 0 bridgehead atoms. The number of ether oxygens (including phenoxy) is 1. The summed E-state index contributed by atoms with van der Waals surface area (Å²) in [5, 5.41) is 10.4. The van der Waals surface area contributed by atoms with Crippen molar-refractivity contribution >= 4 is 11.7 Å². The quantitative estimate of drug-likeness (QED) is 0.359. The van der Waals surface area contributed by atoms with Gasteiger partial charge < -0.3 is 10.5 Å². The molecular formula is C10H12N2O4. The number of non-ortho nitro benzene ring substituents is 1. The summed E-state index contributed by atoms with van der Waals surface area (Å²) in [4.78, 5) is 21.1. The maximum atomic E-state index is 11.3. The van der Waals surface area contributed by atoms with Gasteiger partial charge in [-0.2, -0.15) is 0 Å². The highest BCUT2D eigenvalue weighted by Crippen LogP contribution is 2.17. The van der Waals surface area contributed by atoms with Crippen LogP contribution in [0.15, 0.2) is 24.3 Å². The molecule has 0 saturated carbocycles. The molecule has 6 nitrogen and oxygen atoms in total. The van der Waals surface area contributed by atoms with E-state index in [0.29, 0.717) is 6.42 Å². The van der Waals surface area contributed by atoms with Crippen LogP contribution >= 0.6 is 0 Å². The van der Waals surface area contributed by atoms with Gasteiger partial charge in [-0.25, -0.2) is 4.79 Å². The van der Waals surface area contributed by atoms with Crippen molar-refractivity contribution in [2.75, 3.05) is 0 Å². The van der Waals surface area contributed by atoms with Crippen molar-refractivity contribution in [2.24, 2.45) is 5.73 Å². The molecule has 1 atom stereocenters. The fourth-order valence-electron chi connectivity index (χ4n) is 0.994. The zero-order chi connectivity index (χ0) is 12.1. The number of carbonyl (C=O) groups excluding carboxylic acids is 1. The molecule has 1 rings (SSSR count). The first kappa shape index (κ1) is 12.1. The molecule has 1 aromatic carbocycles. The number of hydrogen-bond acceptors (Lipinski definition) is 5. The van der Waals surface area contributed by atoms with Crippen molar-refractivity contribution in [1.29, 1.82) is 0 Å². The molecule has 86 valence electrons. The Morgan fingerprint density at radius 1 is 1.50 bits per heavy atom. The summed E-state index contributed by atoms with van der Waals surface area (Å²) in [7, 11) is 0. The van der Waals surface area contributed by atoms with Crippen LogP contribution in [0.4, 0.5) is 5.69 Å². The third kappa shape index (κ3) is 3.03. The van der Waals surface area contributed by atoms with Gasteiger partial charge in [0.25, 0.3) is 5.69 Å². The number of nitro groups is 1. The normalized spacial score (nSPS) is 11.9. The highest BCUT2D eigenvalue weighted by molar-refractivity contribution is 5.77. The highest BCUT2D eigenvalue weighted by atomic mass is 16.6. The Hall–Kier alpha value is -1.95. The molecule has 6 heteroatoms. The predicted molar refractivity (Wildman–Crippen MR) is 57.0 cm³/mol. The van der Waals surface area contributed by atoms with Crippen molar-refractivity contribution in [3.05, 3.63) is 34.4 Å². The lowest BCUT2D eigenvalue weighted by atomic mass is 10.2. The second kappa shape index (κ2) is 5.22. The minimum atomic E-state index is -0.671. The van der Waals surface area contributed by atoms with E-state index >= 15 is 0 Å². The second-order valence-electron chi connectivity index (χ2n) is 3.19. The average Bonchev–Trinajstić information content (AvgIpc) is 2.28. The van der Waals surface area contributed by atoms with E-state index in [-0.39, 0.29) is 11.4 Å². The Morgan fingerprint density at radius 2 is 2.06 bits per heavy atom. The number of carbonyl (C=O) groups is 1. The van der Waals surface area contributed by atoms with E-state index in [9.17, 15) is 14.9 Å². The summed E-state index contributed by atoms with van der Waals surface area (Å²) in [5.41, 5.74) is 5.40. The molecule has 0 fully saturated rings. The van der Waals surface area contributed by atoms with Crippen LogP contribution in [-0.4, -0.2) is 16.9 Å². The predicted octanol–water partition coefficient (Wildman–Crippen LogP) is 1.24. The lowest BCUT2D eigenvalue weighted by molar-refractivity contribution is -0.384. The molecule has 1 unspecified atom stereocenters. The molecule has 2 N–H and O–H groups in total. The van der Waals surface area contributed by atoms with Crippen molar-refractivity contribution in [3.63, 3.8) is 0 Å². The number of nitrogens with zero attached hydrogens (tertiary/aromatic N) is 1. The van der Waals surface area contributed by atoms with Crippen LogP contribution in [0.25, 0.3) is 0 Å². The lowest BCUT2D eigenvalue weighted by Crippen LogP contribution is -2.33. The first-order valence-electron chi connectivity index (χ1n) is 4.76. The summed E-state index contributed by atoms with van der Waals surface area (Å²) in [5.74, 6) is -0.296. The van der Waals surface area contributed by atoms with E-state index in [1.54, 1.807) is 6.92 Å². The van der Waals surface area contributed by atoms with Crippen molar-refractivity contribution in [1.82, 2.24) is 0 Å². The fourth-order valence-corrected chi connectivity index (χ4v) is 0.994. The van der Waals surface area contributed by atoms with E-state index < -0.39 is 16.9 Å². The molecule has 0 aliphatic heterocycles. The van der Waals surface area contributed by atoms with E-state index in [0.717, 1.165) is 0 Å². The van der Waals surface area contributed by atoms with Gasteiger partial charge in [-0.3, -0.25) is 10.1 Å². The van der Waals surface area contributed by atoms with E-state index in [1.165, 1.54) is 24.3 Å². The van der Waals surface area contributed by atoms with Gasteiger partial charge in [0.2, 0.25) is 0 Å². The topological polar surface area (TPSA) is 95.5 Å². The van der Waals surface area contributed by atoms with E-state index in [2.05, 4.69) is 0 Å². The van der Waals surface area contributed by atoms with Gasteiger partial charge in [0.1, 0.15) is 11.8 Å². The lowest BCUT2D eigenvalue weighted by Gasteiger charge is -2.08. The van der Waals surface area contributed by atoms with E-state index in [4.69, 9.17) is 10.5 Å². The monoisotopic (exact) mass is 224 g/mol. The number of nitrogens with two attached hydrogens (primary N) is 1. The van der Waals surface area contributed by atoms with Crippen LogP contribution in [-0.2, 0) is 4.79 Å². The Bertz CT molecular complexity index is 388. The molecule has 1 aromatic rings. The molecule has 0 spiro atoms. The van der Waals surface area contributed by atoms with Gasteiger partial charge in [0, 0.05) is 12.1 Å². The van der Waals surface area contributed by atoms with Crippen LogP contribution in [0.2, 0.25) is 0 Å². The third-order valence-electron chi connectivity index (χ3n) is 2.01. The molecular weight excluding hydrogens is 212 g/mol. The van der Waals surface area contributed by atoms with Crippen LogP contribution in [0.1, 0.15) is 13.3 Å². The summed E-state index contributed by atoms with van der Waals surface area (Å²) in [6.45, 7) is 1.77. The molecule has 0 radical (unpaired) electrons. The third-order valence-corrected chi connectivity index (χ3v) is 2.01. The Balaban J connectivity index is 2.69. The van der Waals surface area contributed by atoms with Gasteiger partial charge in [-0.1, -0.05) is 6.92 Å². The number of benzene rings is 1. The number of hydrogen-bond donors (Lipinski definition) is 1. The second-order valence-corrected chi connectivity index (χ2v) is 3.19. The molecule has 0 aromatic heterocycles. The summed E-state index contributed by atoms with van der Waals surface area (Å²) in [6.07, 6.45) is 0.478. The van der Waals surface area contributed by atoms with Gasteiger partial charge >= 0.3 is 5.97 Å². The zero-order valence-corrected chi connectivity index (χ0v) is 8.75. The fraction of sp³-hybridized carbons (Fsp3) is 0.300. The van der Waals surface area contributed by atoms with Crippen molar-refractivity contribution in [3.8, 4) is 5.75 Å². The Morgan fingerprint density at radius 3 is 2.50 bits per heavy atom. The average molecular weight is 224 g/mol. The summed E-state index contributed by atoms with van der Waals surface area (Å²) >= 11 is 0. The molecule has 0 aliphatic carbocycles. The number of esters is 1. The van der Waals surface area contributed by atoms with Crippen LogP contribution in [0.5, 0.6) is 5.75 Å². The maximum absolute atomic E-state index is 11.3. The molecule has 16 heavy (non-hydrogen) atoms. The van der Waals surface area contributed by atoms with Crippen LogP contribution < -0.4 is 10.5 Å². The van der Waals surface area contributed by atoms with Crippen LogP contribution in [0, 0.1) is 10.1 Å². The Kier molecular flexibility index (Phi) is 3.96. The maximum Gasteiger partial charge on any atom is 0.328 e. The summed E-state index contributed by atoms with van der Waals surface area (Å²) in [6, 6.07) is 4.58. The molecule has 0 heterocycles. The van der Waals surface area contributed by atoms with Crippen LogP contribution in [0.3, 0.4) is 0 Å². The first-order chi connectivity index (χ1) is 7.54. The number of rotatable bonds is 4. The first-order valence-corrected chi connectivity index (χ1v) is 4.76. The SMILES string of the molecule is CCC(N)C(=O)Oc1ccc([N+](=O)[O-])cc1. The standard InChI is InChI=1S/C10H12N2O4/c1-2-9(11)10(13)16-8-5-3-7(4-6-8)12(14)15/h3-6,9H,2,11H2,1H3. The Labute approximate surface area is 92.2 Å². The summed E-state index contributed by atoms with van der Waals surface area (Å²) < 4.78 is 4.92. The minimum Gasteiger partial charge on any atom is -0.425 e. The molecule has 0 aliphatic rings. The van der Waals surface area contributed by atoms with Gasteiger partial charge in [0.15, 0.2) is 0 Å². The van der Waals surface area contributed by atoms with Gasteiger partial charge in [-0.15, -0.1) is 0 Å². The molecule has 0 saturated heterocycles. The van der Waals surface area contributed by atoms with E-state index in [1.807, 2.05) is 0 Å². The van der Waals surface area contributed by atoms with Gasteiger partial charge in [0.05, 0.1) is 4.92 Å². The molecule has 0 amide bonds. The minimum absolute atomic E-state index is 0.0559. The zero-order valence-electron chi connectivity index (χ0n) is 8.75. The van der Waals surface area contributed by atoms with Gasteiger partial charge in [-0.05, 0) is 18.6 Å². The van der Waals surface area contributed by atoms with Crippen molar-refractivity contribution < 1.29 is 14.5 Å². The van der Waals surface area contributed by atoms with Crippen molar-refractivity contribution in [2.45, 2.75) is 19.4 Å².